The average molecular weight is 549 g/mol. The maximum atomic E-state index is 13.4. The van der Waals surface area contributed by atoms with Crippen molar-refractivity contribution in [3.8, 4) is 11.5 Å². The SMILES string of the molecule is Cc1ccc(C(C)C)c(Oc2ccc(C(F)(F)F)cc2NC(=O)CCCCNS(=O)(=O)c2ccccc2)c1. The molecule has 0 aliphatic rings. The van der Waals surface area contributed by atoms with E-state index in [2.05, 4.69) is 10.0 Å². The van der Waals surface area contributed by atoms with Gasteiger partial charge in [0, 0.05) is 13.0 Å². The molecule has 0 unspecified atom stereocenters. The molecule has 0 saturated carbocycles. The summed E-state index contributed by atoms with van der Waals surface area (Å²) in [4.78, 5) is 12.7. The average Bonchev–Trinajstić information content (AvgIpc) is 2.84. The lowest BCUT2D eigenvalue weighted by atomic mass is 10.0. The van der Waals surface area contributed by atoms with E-state index in [1.54, 1.807) is 24.3 Å². The van der Waals surface area contributed by atoms with E-state index in [0.29, 0.717) is 18.6 Å². The molecule has 0 spiro atoms. The zero-order valence-electron chi connectivity index (χ0n) is 21.4. The van der Waals surface area contributed by atoms with Crippen molar-refractivity contribution in [1.29, 1.82) is 0 Å². The molecule has 3 aromatic carbocycles. The Bertz CT molecular complexity index is 1360. The van der Waals surface area contributed by atoms with Gasteiger partial charge in [0.05, 0.1) is 16.1 Å². The quantitative estimate of drug-likeness (QED) is 0.252. The number of hydrogen-bond donors (Lipinski definition) is 2. The van der Waals surface area contributed by atoms with Gasteiger partial charge in [0.2, 0.25) is 15.9 Å². The summed E-state index contributed by atoms with van der Waals surface area (Å²) < 4.78 is 73.2. The Labute approximate surface area is 221 Å². The van der Waals surface area contributed by atoms with Crippen LogP contribution in [0.5, 0.6) is 11.5 Å². The third kappa shape index (κ3) is 8.06. The second-order valence-electron chi connectivity index (χ2n) is 9.22. The van der Waals surface area contributed by atoms with Crippen molar-refractivity contribution < 1.29 is 31.1 Å². The molecule has 0 atom stereocenters. The smallest absolute Gasteiger partial charge is 0.416 e. The van der Waals surface area contributed by atoms with Gasteiger partial charge in [-0.15, -0.1) is 0 Å². The largest absolute Gasteiger partial charge is 0.455 e. The molecule has 3 aromatic rings. The van der Waals surface area contributed by atoms with Crippen molar-refractivity contribution in [1.82, 2.24) is 4.72 Å². The first-order chi connectivity index (χ1) is 17.9. The van der Waals surface area contributed by atoms with Gasteiger partial charge in [-0.2, -0.15) is 13.2 Å². The maximum Gasteiger partial charge on any atom is 0.416 e. The molecule has 10 heteroatoms. The summed E-state index contributed by atoms with van der Waals surface area (Å²) in [6, 6.07) is 16.5. The molecule has 0 radical (unpaired) electrons. The van der Waals surface area contributed by atoms with E-state index in [-0.39, 0.29) is 35.2 Å². The van der Waals surface area contributed by atoms with Crippen LogP contribution in [0.15, 0.2) is 71.6 Å². The lowest BCUT2D eigenvalue weighted by Crippen LogP contribution is -2.25. The van der Waals surface area contributed by atoms with Gasteiger partial charge in [0.15, 0.2) is 5.75 Å². The summed E-state index contributed by atoms with van der Waals surface area (Å²) in [5.74, 6) is 0.196. The lowest BCUT2D eigenvalue weighted by molar-refractivity contribution is -0.137. The van der Waals surface area contributed by atoms with Gasteiger partial charge in [0.25, 0.3) is 0 Å². The Hall–Kier alpha value is -3.37. The molecule has 204 valence electrons. The second kappa shape index (κ2) is 12.4. The predicted octanol–water partition coefficient (Wildman–Crippen LogP) is 7.02. The number of hydrogen-bond acceptors (Lipinski definition) is 4. The van der Waals surface area contributed by atoms with E-state index in [9.17, 15) is 26.4 Å². The van der Waals surface area contributed by atoms with Crippen LogP contribution < -0.4 is 14.8 Å². The number of rotatable bonds is 11. The molecule has 6 nitrogen and oxygen atoms in total. The number of carbonyl (C=O) groups excluding carboxylic acids is 1. The number of anilines is 1. The molecule has 1 amide bonds. The Kier molecular flexibility index (Phi) is 9.56. The van der Waals surface area contributed by atoms with Crippen molar-refractivity contribution in [2.45, 2.75) is 57.0 Å². The van der Waals surface area contributed by atoms with E-state index in [4.69, 9.17) is 4.74 Å². The minimum Gasteiger partial charge on any atom is -0.455 e. The van der Waals surface area contributed by atoms with Crippen molar-refractivity contribution in [3.05, 3.63) is 83.4 Å². The Balaban J connectivity index is 1.67. The molecule has 0 saturated heterocycles. The second-order valence-corrected chi connectivity index (χ2v) is 11.0. The van der Waals surface area contributed by atoms with Gasteiger partial charge >= 0.3 is 6.18 Å². The Morgan fingerprint density at radius 2 is 1.66 bits per heavy atom. The minimum absolute atomic E-state index is 0.00948. The third-order valence-electron chi connectivity index (χ3n) is 5.77. The first-order valence-electron chi connectivity index (χ1n) is 12.2. The fraction of sp³-hybridized carbons (Fsp3) is 0.321. The molecule has 2 N–H and O–H groups in total. The van der Waals surface area contributed by atoms with Crippen LogP contribution in [-0.2, 0) is 21.0 Å². The first-order valence-corrected chi connectivity index (χ1v) is 13.7. The van der Waals surface area contributed by atoms with Crippen molar-refractivity contribution in [3.63, 3.8) is 0 Å². The predicted molar refractivity (Wildman–Crippen MR) is 141 cm³/mol. The fourth-order valence-electron chi connectivity index (χ4n) is 3.73. The number of unbranched alkanes of at least 4 members (excludes halogenated alkanes) is 1. The van der Waals surface area contributed by atoms with E-state index < -0.39 is 27.7 Å². The molecule has 38 heavy (non-hydrogen) atoms. The van der Waals surface area contributed by atoms with Crippen molar-refractivity contribution >= 4 is 21.6 Å². The summed E-state index contributed by atoms with van der Waals surface area (Å²) in [6.07, 6.45) is -3.91. The summed E-state index contributed by atoms with van der Waals surface area (Å²) in [5.41, 5.74) is 0.796. The van der Waals surface area contributed by atoms with E-state index in [1.807, 2.05) is 32.9 Å². The third-order valence-corrected chi connectivity index (χ3v) is 7.25. The highest BCUT2D eigenvalue weighted by Crippen LogP contribution is 2.39. The first kappa shape index (κ1) is 29.2. The van der Waals surface area contributed by atoms with E-state index in [0.717, 1.165) is 23.3 Å². The zero-order chi connectivity index (χ0) is 27.9. The summed E-state index contributed by atoms with van der Waals surface area (Å²) in [6.45, 7) is 5.96. The van der Waals surface area contributed by atoms with Crippen LogP contribution in [0.4, 0.5) is 18.9 Å². The van der Waals surface area contributed by atoms with Crippen LogP contribution in [0.1, 0.15) is 55.7 Å². The molecule has 0 heterocycles. The topological polar surface area (TPSA) is 84.5 Å². The number of nitrogens with one attached hydrogen (secondary N) is 2. The molecule has 0 bridgehead atoms. The zero-order valence-corrected chi connectivity index (χ0v) is 22.2. The lowest BCUT2D eigenvalue weighted by Gasteiger charge is -2.18. The van der Waals surface area contributed by atoms with Crippen LogP contribution in [0, 0.1) is 6.92 Å². The van der Waals surface area contributed by atoms with Crippen LogP contribution in [0.25, 0.3) is 0 Å². The Morgan fingerprint density at radius 3 is 2.32 bits per heavy atom. The van der Waals surface area contributed by atoms with Gasteiger partial charge in [-0.1, -0.05) is 44.2 Å². The summed E-state index contributed by atoms with van der Waals surface area (Å²) in [5, 5.41) is 2.54. The van der Waals surface area contributed by atoms with Gasteiger partial charge in [-0.3, -0.25) is 4.79 Å². The van der Waals surface area contributed by atoms with Crippen LogP contribution in [-0.4, -0.2) is 20.9 Å². The number of halogens is 3. The molecule has 0 aliphatic heterocycles. The number of ether oxygens (including phenoxy) is 1. The summed E-state index contributed by atoms with van der Waals surface area (Å²) in [7, 11) is -3.65. The van der Waals surface area contributed by atoms with Crippen molar-refractivity contribution in [2.75, 3.05) is 11.9 Å². The molecular formula is C28H31F3N2O4S. The van der Waals surface area contributed by atoms with Gasteiger partial charge in [-0.05, 0) is 73.2 Å². The fourth-order valence-corrected chi connectivity index (χ4v) is 4.83. The molecule has 0 aromatic heterocycles. The monoisotopic (exact) mass is 548 g/mol. The standard InChI is InChI=1S/C28H31F3N2O4S/c1-19(2)23-14-12-20(3)17-26(23)37-25-15-13-21(28(29,30)31)18-24(25)33-27(34)11-7-8-16-32-38(35,36)22-9-5-4-6-10-22/h4-6,9-10,12-15,17-19,32H,7-8,11,16H2,1-3H3,(H,33,34). The van der Waals surface area contributed by atoms with Crippen LogP contribution >= 0.6 is 0 Å². The molecule has 0 aliphatic carbocycles. The van der Waals surface area contributed by atoms with Crippen LogP contribution in [0.3, 0.4) is 0 Å². The number of alkyl halides is 3. The molecule has 0 fully saturated rings. The minimum atomic E-state index is -4.60. The molecular weight excluding hydrogens is 517 g/mol. The number of amides is 1. The number of sulfonamides is 1. The van der Waals surface area contributed by atoms with E-state index in [1.165, 1.54) is 18.2 Å². The highest BCUT2D eigenvalue weighted by molar-refractivity contribution is 7.89. The highest BCUT2D eigenvalue weighted by Gasteiger charge is 2.31. The summed E-state index contributed by atoms with van der Waals surface area (Å²) >= 11 is 0. The molecule has 3 rings (SSSR count). The normalized spacial score (nSPS) is 12.0. The number of carbonyl (C=O) groups is 1. The van der Waals surface area contributed by atoms with Gasteiger partial charge in [0.1, 0.15) is 5.75 Å². The Morgan fingerprint density at radius 1 is 0.947 bits per heavy atom. The number of aryl methyl sites for hydroxylation is 1. The van der Waals surface area contributed by atoms with Gasteiger partial charge < -0.3 is 10.1 Å². The van der Waals surface area contributed by atoms with Gasteiger partial charge in [-0.25, -0.2) is 13.1 Å². The maximum absolute atomic E-state index is 13.4. The van der Waals surface area contributed by atoms with Crippen LogP contribution in [0.2, 0.25) is 0 Å². The van der Waals surface area contributed by atoms with E-state index >= 15 is 0 Å². The van der Waals surface area contributed by atoms with Crippen molar-refractivity contribution in [2.24, 2.45) is 0 Å². The number of benzene rings is 3. The highest BCUT2D eigenvalue weighted by atomic mass is 32.2.